The second kappa shape index (κ2) is 15.0. The SMILES string of the molecule is C=C(/C=C\C=C(/C)c1cccnc1)c1ccc2c(c1)c1ncccc1n2-c1ccc2oc3ccc(-n4c5ccc(-c6cccc(-c7cccnc7)c6)cc5c5ncccc54)cc3c2c1. The van der Waals surface area contributed by atoms with Crippen LogP contribution in [0.25, 0.3) is 111 Å². The average molecular weight is 823 g/mol. The van der Waals surface area contributed by atoms with Gasteiger partial charge in [0.05, 0.1) is 33.1 Å². The number of hydrogen-bond donors (Lipinski definition) is 0. The van der Waals surface area contributed by atoms with Crippen LogP contribution >= 0.6 is 0 Å². The van der Waals surface area contributed by atoms with E-state index in [9.17, 15) is 0 Å². The first-order valence-electron chi connectivity index (χ1n) is 21.3. The second-order valence-corrected chi connectivity index (χ2v) is 16.1. The summed E-state index contributed by atoms with van der Waals surface area (Å²) < 4.78 is 11.1. The predicted octanol–water partition coefficient (Wildman–Crippen LogP) is 14.4. The number of furan rings is 1. The fourth-order valence-corrected chi connectivity index (χ4v) is 9.15. The van der Waals surface area contributed by atoms with Crippen LogP contribution in [0.4, 0.5) is 0 Å². The molecule has 7 nitrogen and oxygen atoms in total. The molecule has 12 aromatic rings. The number of benzene rings is 5. The molecule has 0 aliphatic rings. The summed E-state index contributed by atoms with van der Waals surface area (Å²) in [6, 6.07) is 51.1. The standard InChI is InChI=1S/C57H38N6O/c1-36(9-3-10-37(2)42-13-5-25-58-34-42)38-17-21-50-48(30-38)56-52(15-7-27-60-56)62(50)44-19-23-54-46(32-44)47-33-45(20-24-55(47)64-54)63-51-22-18-41(31-49(51)57-53(63)16-8-28-61-57)39-11-4-12-40(29-39)43-14-6-26-59-35-43/h3-35H,1H2,2H3/b9-3-,37-10+. The Balaban J connectivity index is 0.938. The largest absolute Gasteiger partial charge is 0.456 e. The summed E-state index contributed by atoms with van der Waals surface area (Å²) in [5.41, 5.74) is 18.5. The third kappa shape index (κ3) is 6.21. The zero-order chi connectivity index (χ0) is 42.7. The highest BCUT2D eigenvalue weighted by atomic mass is 16.3. The van der Waals surface area contributed by atoms with Gasteiger partial charge in [-0.25, -0.2) is 0 Å². The highest BCUT2D eigenvalue weighted by molar-refractivity contribution is 6.12. The van der Waals surface area contributed by atoms with E-state index in [1.54, 1.807) is 12.4 Å². The number of nitrogens with zero attached hydrogens (tertiary/aromatic N) is 6. The molecule has 7 heterocycles. The van der Waals surface area contributed by atoms with Crippen molar-refractivity contribution in [3.05, 3.63) is 219 Å². The molecule has 0 atom stereocenters. The molecule has 302 valence electrons. The molecular formula is C57H38N6O. The van der Waals surface area contributed by atoms with Gasteiger partial charge in [-0.2, -0.15) is 0 Å². The van der Waals surface area contributed by atoms with Crippen molar-refractivity contribution in [2.75, 3.05) is 0 Å². The number of pyridine rings is 4. The fourth-order valence-electron chi connectivity index (χ4n) is 9.15. The molecule has 0 radical (unpaired) electrons. The van der Waals surface area contributed by atoms with Crippen LogP contribution < -0.4 is 0 Å². The smallest absolute Gasteiger partial charge is 0.135 e. The van der Waals surface area contributed by atoms with Crippen LogP contribution in [-0.2, 0) is 0 Å². The van der Waals surface area contributed by atoms with Gasteiger partial charge in [0.2, 0.25) is 0 Å². The molecule has 0 saturated carbocycles. The van der Waals surface area contributed by atoms with E-state index in [-0.39, 0.29) is 0 Å². The highest BCUT2D eigenvalue weighted by Gasteiger charge is 2.19. The van der Waals surface area contributed by atoms with Crippen LogP contribution in [0.3, 0.4) is 0 Å². The molecule has 0 N–H and O–H groups in total. The van der Waals surface area contributed by atoms with Gasteiger partial charge in [0, 0.05) is 75.7 Å². The Morgan fingerprint density at radius 1 is 0.500 bits per heavy atom. The summed E-state index contributed by atoms with van der Waals surface area (Å²) in [6.45, 7) is 6.51. The van der Waals surface area contributed by atoms with E-state index < -0.39 is 0 Å². The van der Waals surface area contributed by atoms with E-state index in [1.165, 1.54) is 0 Å². The molecule has 0 unspecified atom stereocenters. The Hall–Kier alpha value is -8.68. The Morgan fingerprint density at radius 2 is 1.09 bits per heavy atom. The van der Waals surface area contributed by atoms with Gasteiger partial charge in [-0.15, -0.1) is 0 Å². The van der Waals surface area contributed by atoms with Crippen molar-refractivity contribution >= 4 is 77.0 Å². The summed E-state index contributed by atoms with van der Waals surface area (Å²) in [5.74, 6) is 0. The zero-order valence-corrected chi connectivity index (χ0v) is 34.9. The lowest BCUT2D eigenvalue weighted by atomic mass is 9.99. The van der Waals surface area contributed by atoms with Crippen molar-refractivity contribution < 1.29 is 4.42 Å². The summed E-state index contributed by atoms with van der Waals surface area (Å²) in [5, 5.41) is 4.23. The Labute approximate surface area is 368 Å². The maximum absolute atomic E-state index is 6.50. The molecule has 7 heteroatoms. The third-order valence-electron chi connectivity index (χ3n) is 12.3. The predicted molar refractivity (Wildman–Crippen MR) is 263 cm³/mol. The van der Waals surface area contributed by atoms with Gasteiger partial charge in [-0.3, -0.25) is 19.9 Å². The number of aromatic nitrogens is 6. The molecule has 0 spiro atoms. The van der Waals surface area contributed by atoms with E-state index in [4.69, 9.17) is 14.4 Å². The molecule has 0 bridgehead atoms. The zero-order valence-electron chi connectivity index (χ0n) is 34.9. The van der Waals surface area contributed by atoms with E-state index >= 15 is 0 Å². The van der Waals surface area contributed by atoms with Crippen LogP contribution in [0.5, 0.6) is 0 Å². The molecule has 5 aromatic carbocycles. The number of allylic oxidation sites excluding steroid dienone is 5. The van der Waals surface area contributed by atoms with Crippen LogP contribution in [0.1, 0.15) is 18.1 Å². The molecule has 7 aromatic heterocycles. The van der Waals surface area contributed by atoms with Crippen molar-refractivity contribution in [3.8, 4) is 33.6 Å². The average Bonchev–Trinajstić information content (AvgIpc) is 4.01. The first-order valence-corrected chi connectivity index (χ1v) is 21.3. The minimum atomic E-state index is 0.829. The number of hydrogen-bond acceptors (Lipinski definition) is 5. The van der Waals surface area contributed by atoms with Crippen LogP contribution in [0.2, 0.25) is 0 Å². The Bertz CT molecular complexity index is 3870. The lowest BCUT2D eigenvalue weighted by Crippen LogP contribution is -1.94. The van der Waals surface area contributed by atoms with Gasteiger partial charge in [-0.1, -0.05) is 67.3 Å². The first-order chi connectivity index (χ1) is 31.6. The third-order valence-corrected chi connectivity index (χ3v) is 12.3. The van der Waals surface area contributed by atoms with Crippen molar-refractivity contribution in [2.24, 2.45) is 0 Å². The molecule has 0 aliphatic heterocycles. The van der Waals surface area contributed by atoms with E-state index in [0.717, 1.165) is 122 Å². The maximum atomic E-state index is 6.50. The van der Waals surface area contributed by atoms with Gasteiger partial charge in [0.25, 0.3) is 0 Å². The molecule has 12 rings (SSSR count). The Kier molecular flexibility index (Phi) is 8.72. The molecular weight excluding hydrogens is 785 g/mol. The Morgan fingerprint density at radius 3 is 1.75 bits per heavy atom. The number of fused-ring (bicyclic) bond motifs is 9. The van der Waals surface area contributed by atoms with Crippen LogP contribution in [-0.4, -0.2) is 29.1 Å². The maximum Gasteiger partial charge on any atom is 0.135 e. The molecule has 0 amide bonds. The monoisotopic (exact) mass is 822 g/mol. The topological polar surface area (TPSA) is 74.6 Å². The fraction of sp³-hybridized carbons (Fsp3) is 0.0175. The quantitative estimate of drug-likeness (QED) is 0.143. The minimum absolute atomic E-state index is 0.829. The highest BCUT2D eigenvalue weighted by Crippen LogP contribution is 2.39. The van der Waals surface area contributed by atoms with Crippen LogP contribution in [0, 0.1) is 0 Å². The second-order valence-electron chi connectivity index (χ2n) is 16.1. The van der Waals surface area contributed by atoms with Crippen molar-refractivity contribution in [1.82, 2.24) is 29.1 Å². The molecule has 0 fully saturated rings. The van der Waals surface area contributed by atoms with Gasteiger partial charge >= 0.3 is 0 Å². The van der Waals surface area contributed by atoms with E-state index in [1.807, 2.05) is 55.1 Å². The lowest BCUT2D eigenvalue weighted by Gasteiger charge is -2.10. The van der Waals surface area contributed by atoms with Crippen LogP contribution in [0.15, 0.2) is 212 Å². The normalized spacial score (nSPS) is 12.2. The number of rotatable bonds is 8. The van der Waals surface area contributed by atoms with Gasteiger partial charge in [0.15, 0.2) is 0 Å². The van der Waals surface area contributed by atoms with Gasteiger partial charge in [-0.05, 0) is 149 Å². The molecule has 0 aliphatic carbocycles. The minimum Gasteiger partial charge on any atom is -0.456 e. The van der Waals surface area contributed by atoms with Crippen molar-refractivity contribution in [1.29, 1.82) is 0 Å². The van der Waals surface area contributed by atoms with E-state index in [2.05, 4.69) is 166 Å². The first kappa shape index (κ1) is 37.1. The van der Waals surface area contributed by atoms with Gasteiger partial charge < -0.3 is 13.6 Å². The molecule has 64 heavy (non-hydrogen) atoms. The summed E-state index contributed by atoms with van der Waals surface area (Å²) in [4.78, 5) is 18.4. The lowest BCUT2D eigenvalue weighted by molar-refractivity contribution is 0.669. The summed E-state index contributed by atoms with van der Waals surface area (Å²) >= 11 is 0. The van der Waals surface area contributed by atoms with Crippen molar-refractivity contribution in [2.45, 2.75) is 6.92 Å². The molecule has 0 saturated heterocycles. The van der Waals surface area contributed by atoms with Gasteiger partial charge in [0.1, 0.15) is 11.2 Å². The summed E-state index contributed by atoms with van der Waals surface area (Å²) in [7, 11) is 0. The van der Waals surface area contributed by atoms with Crippen molar-refractivity contribution in [3.63, 3.8) is 0 Å². The van der Waals surface area contributed by atoms with E-state index in [0.29, 0.717) is 0 Å². The summed E-state index contributed by atoms with van der Waals surface area (Å²) in [6.07, 6.45) is 17.3.